The fraction of sp³-hybridized carbons (Fsp3) is 0.538. The van der Waals surface area contributed by atoms with Crippen LogP contribution < -0.4 is 5.73 Å². The first-order valence-corrected chi connectivity index (χ1v) is 8.07. The number of anilines is 1. The molecule has 18 heavy (non-hydrogen) atoms. The van der Waals surface area contributed by atoms with Crippen molar-refractivity contribution in [3.05, 3.63) is 29.3 Å². The van der Waals surface area contributed by atoms with Gasteiger partial charge in [-0.2, -0.15) is 4.31 Å². The second-order valence-corrected chi connectivity index (χ2v) is 7.19. The second kappa shape index (κ2) is 4.24. The summed E-state index contributed by atoms with van der Waals surface area (Å²) in [6, 6.07) is 5.90. The molecule has 3 rings (SSSR count). The number of fused-ring (bicyclic) bond motifs is 1. The Kier molecular flexibility index (Phi) is 2.83. The molecule has 0 radical (unpaired) electrons. The molecule has 4 nitrogen and oxygen atoms in total. The zero-order chi connectivity index (χ0) is 12.8. The summed E-state index contributed by atoms with van der Waals surface area (Å²) in [6.45, 7) is 0.664. The van der Waals surface area contributed by atoms with E-state index in [4.69, 9.17) is 5.73 Å². The van der Waals surface area contributed by atoms with Crippen LogP contribution in [-0.2, 0) is 16.4 Å². The molecule has 0 spiro atoms. The summed E-state index contributed by atoms with van der Waals surface area (Å²) in [5, 5.41) is 0. The van der Waals surface area contributed by atoms with Crippen LogP contribution in [0.4, 0.5) is 5.69 Å². The number of nitrogens with zero attached hydrogens (tertiary/aromatic N) is 1. The van der Waals surface area contributed by atoms with Crippen molar-refractivity contribution in [3.8, 4) is 0 Å². The third-order valence-corrected chi connectivity index (χ3v) is 5.89. The number of hydrogen-bond donors (Lipinski definition) is 1. The number of benzene rings is 1. The van der Waals surface area contributed by atoms with Crippen LogP contribution >= 0.6 is 0 Å². The Morgan fingerprint density at radius 3 is 2.83 bits per heavy atom. The highest BCUT2D eigenvalue weighted by atomic mass is 32.2. The van der Waals surface area contributed by atoms with Crippen LogP contribution in [0.2, 0.25) is 0 Å². The molecule has 1 aliphatic carbocycles. The van der Waals surface area contributed by atoms with Gasteiger partial charge in [-0.15, -0.1) is 0 Å². The molecule has 0 bridgehead atoms. The van der Waals surface area contributed by atoms with E-state index in [1.54, 1.807) is 4.31 Å². The number of nitrogen functional groups attached to an aromatic ring is 1. The van der Waals surface area contributed by atoms with E-state index in [0.29, 0.717) is 12.3 Å². The minimum atomic E-state index is -3.04. The van der Waals surface area contributed by atoms with E-state index in [2.05, 4.69) is 0 Å². The molecule has 1 fully saturated rings. The Labute approximate surface area is 108 Å². The highest BCUT2D eigenvalue weighted by Gasteiger charge is 2.37. The number of aryl methyl sites for hydroxylation is 1. The lowest BCUT2D eigenvalue weighted by atomic mass is 9.87. The number of sulfonamides is 1. The molecule has 1 aromatic carbocycles. The second-order valence-electron chi connectivity index (χ2n) is 5.15. The molecule has 0 saturated carbocycles. The lowest BCUT2D eigenvalue weighted by molar-refractivity contribution is 0.313. The Morgan fingerprint density at radius 2 is 2.11 bits per heavy atom. The highest BCUT2D eigenvalue weighted by molar-refractivity contribution is 7.89. The molecule has 1 aromatic rings. The SMILES string of the molecule is Nc1ccc2c(c1)CCCC2N1CCCS1(=O)=O. The molecule has 1 unspecified atom stereocenters. The molecule has 2 N–H and O–H groups in total. The lowest BCUT2D eigenvalue weighted by Crippen LogP contribution is -2.32. The van der Waals surface area contributed by atoms with Crippen molar-refractivity contribution in [2.75, 3.05) is 18.0 Å². The molecule has 98 valence electrons. The normalized spacial score (nSPS) is 27.0. The first-order valence-electron chi connectivity index (χ1n) is 6.46. The fourth-order valence-electron chi connectivity index (χ4n) is 3.12. The van der Waals surface area contributed by atoms with Crippen molar-refractivity contribution in [2.45, 2.75) is 31.7 Å². The average Bonchev–Trinajstić information content (AvgIpc) is 2.67. The van der Waals surface area contributed by atoms with Gasteiger partial charge in [-0.25, -0.2) is 8.42 Å². The van der Waals surface area contributed by atoms with Crippen molar-refractivity contribution in [2.24, 2.45) is 0 Å². The largest absolute Gasteiger partial charge is 0.399 e. The zero-order valence-corrected chi connectivity index (χ0v) is 11.1. The standard InChI is InChI=1S/C13H18N2O2S/c14-11-5-6-12-10(9-11)3-1-4-13(12)15-7-2-8-18(15,16)17/h5-6,9,13H,1-4,7-8,14H2. The maximum Gasteiger partial charge on any atom is 0.214 e. The van der Waals surface area contributed by atoms with Crippen LogP contribution in [-0.4, -0.2) is 25.0 Å². The summed E-state index contributed by atoms with van der Waals surface area (Å²) < 4.78 is 25.8. The molecule has 1 aliphatic heterocycles. The van der Waals surface area contributed by atoms with Gasteiger partial charge in [0.25, 0.3) is 0 Å². The van der Waals surface area contributed by atoms with Gasteiger partial charge in [0.2, 0.25) is 10.0 Å². The first kappa shape index (κ1) is 12.0. The van der Waals surface area contributed by atoms with Crippen LogP contribution in [0.3, 0.4) is 0 Å². The molecule has 0 amide bonds. The molecule has 1 saturated heterocycles. The zero-order valence-electron chi connectivity index (χ0n) is 10.3. The topological polar surface area (TPSA) is 63.4 Å². The van der Waals surface area contributed by atoms with Gasteiger partial charge in [0.1, 0.15) is 0 Å². The first-order chi connectivity index (χ1) is 8.58. The van der Waals surface area contributed by atoms with Crippen molar-refractivity contribution in [1.29, 1.82) is 0 Å². The van der Waals surface area contributed by atoms with E-state index in [1.165, 1.54) is 5.56 Å². The number of nitrogens with two attached hydrogens (primary N) is 1. The van der Waals surface area contributed by atoms with Gasteiger partial charge >= 0.3 is 0 Å². The van der Waals surface area contributed by atoms with E-state index >= 15 is 0 Å². The van der Waals surface area contributed by atoms with Crippen molar-refractivity contribution in [3.63, 3.8) is 0 Å². The minimum Gasteiger partial charge on any atom is -0.399 e. The van der Waals surface area contributed by atoms with Gasteiger partial charge in [-0.05, 0) is 48.9 Å². The Hall–Kier alpha value is -1.07. The summed E-state index contributed by atoms with van der Waals surface area (Å²) in [4.78, 5) is 0. The molecule has 1 atom stereocenters. The van der Waals surface area contributed by atoms with E-state index in [1.807, 2.05) is 18.2 Å². The Balaban J connectivity index is 2.01. The predicted octanol–water partition coefficient (Wildman–Crippen LogP) is 1.68. The average molecular weight is 266 g/mol. The van der Waals surface area contributed by atoms with Crippen LogP contribution in [0.5, 0.6) is 0 Å². The lowest BCUT2D eigenvalue weighted by Gasteiger charge is -2.32. The van der Waals surface area contributed by atoms with Gasteiger partial charge in [0.15, 0.2) is 0 Å². The van der Waals surface area contributed by atoms with Crippen LogP contribution in [0.15, 0.2) is 18.2 Å². The molecule has 2 aliphatic rings. The minimum absolute atomic E-state index is 0.0295. The summed E-state index contributed by atoms with van der Waals surface area (Å²) in [5.41, 5.74) is 8.93. The van der Waals surface area contributed by atoms with Crippen LogP contribution in [0.25, 0.3) is 0 Å². The van der Waals surface area contributed by atoms with E-state index in [-0.39, 0.29) is 6.04 Å². The maximum atomic E-state index is 12.0. The van der Waals surface area contributed by atoms with Crippen molar-refractivity contribution < 1.29 is 8.42 Å². The third kappa shape index (κ3) is 1.91. The van der Waals surface area contributed by atoms with Gasteiger partial charge in [-0.3, -0.25) is 0 Å². The summed E-state index contributed by atoms with van der Waals surface area (Å²) in [7, 11) is -3.04. The van der Waals surface area contributed by atoms with E-state index in [9.17, 15) is 8.42 Å². The third-order valence-electron chi connectivity index (χ3n) is 3.94. The van der Waals surface area contributed by atoms with Gasteiger partial charge < -0.3 is 5.73 Å². The van der Waals surface area contributed by atoms with Crippen LogP contribution in [0, 0.1) is 0 Å². The van der Waals surface area contributed by atoms with Crippen molar-refractivity contribution >= 4 is 15.7 Å². The Morgan fingerprint density at radius 1 is 1.28 bits per heavy atom. The summed E-state index contributed by atoms with van der Waals surface area (Å²) in [6.07, 6.45) is 3.72. The molecule has 1 heterocycles. The monoisotopic (exact) mass is 266 g/mol. The molecular weight excluding hydrogens is 248 g/mol. The maximum absolute atomic E-state index is 12.0. The number of hydrogen-bond acceptors (Lipinski definition) is 3. The Bertz CT molecular complexity index is 568. The van der Waals surface area contributed by atoms with E-state index in [0.717, 1.165) is 36.9 Å². The smallest absolute Gasteiger partial charge is 0.214 e. The predicted molar refractivity (Wildman–Crippen MR) is 71.6 cm³/mol. The van der Waals surface area contributed by atoms with Gasteiger partial charge in [0.05, 0.1) is 5.75 Å². The molecule has 5 heteroatoms. The van der Waals surface area contributed by atoms with E-state index < -0.39 is 10.0 Å². The summed E-state index contributed by atoms with van der Waals surface area (Å²) >= 11 is 0. The molecule has 0 aromatic heterocycles. The number of rotatable bonds is 1. The summed E-state index contributed by atoms with van der Waals surface area (Å²) in [5.74, 6) is 0.299. The molecular formula is C13H18N2O2S. The highest BCUT2D eigenvalue weighted by Crippen LogP contribution is 2.38. The quantitative estimate of drug-likeness (QED) is 0.787. The van der Waals surface area contributed by atoms with Crippen LogP contribution in [0.1, 0.15) is 36.4 Å². The fourth-order valence-corrected chi connectivity index (χ4v) is 4.86. The van der Waals surface area contributed by atoms with Gasteiger partial charge in [0, 0.05) is 18.3 Å². The van der Waals surface area contributed by atoms with Gasteiger partial charge in [-0.1, -0.05) is 6.07 Å². The van der Waals surface area contributed by atoms with Crippen molar-refractivity contribution in [1.82, 2.24) is 4.31 Å².